The van der Waals surface area contributed by atoms with Gasteiger partial charge in [0.25, 0.3) is 11.1 Å². The maximum Gasteiger partial charge on any atom is 0.293 e. The minimum Gasteiger partial charge on any atom is -0.507 e. The highest BCUT2D eigenvalue weighted by molar-refractivity contribution is 8.18. The molecule has 0 unspecified atom stereocenters. The SMILES string of the molecule is O=C1S/C(=C\c2cc(N=Nc3cccc4ccccc34)ccc2O)C(=O)N1CCOc1cccc2ccccc12. The summed E-state index contributed by atoms with van der Waals surface area (Å²) >= 11 is 0.829. The molecule has 8 heteroatoms. The second-order valence-corrected chi connectivity index (χ2v) is 10.1. The highest BCUT2D eigenvalue weighted by Gasteiger charge is 2.35. The van der Waals surface area contributed by atoms with Gasteiger partial charge in [-0.1, -0.05) is 72.8 Å². The minimum absolute atomic E-state index is 0.0322. The molecule has 0 saturated carbocycles. The molecule has 196 valence electrons. The monoisotopic (exact) mass is 545 g/mol. The Morgan fingerprint density at radius 1 is 0.800 bits per heavy atom. The summed E-state index contributed by atoms with van der Waals surface area (Å²) in [5.41, 5.74) is 1.59. The van der Waals surface area contributed by atoms with Crippen molar-refractivity contribution >= 4 is 61.9 Å². The molecule has 7 nitrogen and oxygen atoms in total. The number of hydrogen-bond acceptors (Lipinski definition) is 7. The Bertz CT molecular complexity index is 1820. The summed E-state index contributed by atoms with van der Waals surface area (Å²) in [6, 6.07) is 32.1. The summed E-state index contributed by atoms with van der Waals surface area (Å²) in [6.45, 7) is 0.269. The largest absolute Gasteiger partial charge is 0.507 e. The van der Waals surface area contributed by atoms with Crippen molar-refractivity contribution in [2.75, 3.05) is 13.2 Å². The van der Waals surface area contributed by atoms with E-state index in [0.29, 0.717) is 17.0 Å². The Morgan fingerprint density at radius 2 is 1.50 bits per heavy atom. The van der Waals surface area contributed by atoms with Gasteiger partial charge in [-0.05, 0) is 58.9 Å². The van der Waals surface area contributed by atoms with Crippen LogP contribution in [0.4, 0.5) is 16.2 Å². The van der Waals surface area contributed by atoms with Gasteiger partial charge in [-0.15, -0.1) is 5.11 Å². The number of thioether (sulfide) groups is 1. The van der Waals surface area contributed by atoms with Crippen molar-refractivity contribution in [1.29, 1.82) is 0 Å². The highest BCUT2D eigenvalue weighted by atomic mass is 32.2. The fourth-order valence-corrected chi connectivity index (χ4v) is 5.39. The second-order valence-electron chi connectivity index (χ2n) is 9.10. The molecule has 1 fully saturated rings. The fourth-order valence-electron chi connectivity index (χ4n) is 4.53. The van der Waals surface area contributed by atoms with Gasteiger partial charge in [0.05, 0.1) is 22.8 Å². The van der Waals surface area contributed by atoms with E-state index in [0.717, 1.165) is 43.9 Å². The maximum atomic E-state index is 13.0. The Balaban J connectivity index is 1.17. The third kappa shape index (κ3) is 5.17. The van der Waals surface area contributed by atoms with Crippen LogP contribution in [0.5, 0.6) is 11.5 Å². The van der Waals surface area contributed by atoms with Gasteiger partial charge >= 0.3 is 0 Å². The summed E-state index contributed by atoms with van der Waals surface area (Å²) in [5, 5.41) is 22.8. The summed E-state index contributed by atoms with van der Waals surface area (Å²) in [7, 11) is 0. The number of benzene rings is 5. The highest BCUT2D eigenvalue weighted by Crippen LogP contribution is 2.35. The van der Waals surface area contributed by atoms with Crippen molar-refractivity contribution in [3.63, 3.8) is 0 Å². The normalized spacial score (nSPS) is 14.7. The molecule has 2 amide bonds. The van der Waals surface area contributed by atoms with E-state index >= 15 is 0 Å². The van der Waals surface area contributed by atoms with Crippen molar-refractivity contribution in [3.8, 4) is 11.5 Å². The second kappa shape index (κ2) is 11.0. The lowest BCUT2D eigenvalue weighted by Gasteiger charge is -2.14. The van der Waals surface area contributed by atoms with Gasteiger partial charge in [0.15, 0.2) is 0 Å². The number of azo groups is 1. The molecule has 0 aliphatic carbocycles. The smallest absolute Gasteiger partial charge is 0.293 e. The molecular formula is C32H23N3O4S. The van der Waals surface area contributed by atoms with Crippen molar-refractivity contribution < 1.29 is 19.4 Å². The number of imide groups is 1. The number of hydrogen-bond donors (Lipinski definition) is 1. The number of carbonyl (C=O) groups excluding carboxylic acids is 2. The number of aromatic hydroxyl groups is 1. The molecule has 0 radical (unpaired) electrons. The van der Waals surface area contributed by atoms with Crippen molar-refractivity contribution in [3.05, 3.63) is 114 Å². The standard InChI is InChI=1S/C32H23N3O4S/c36-28-16-15-24(33-34-27-13-5-9-21-7-1-3-11-25(21)27)19-23(28)20-30-31(37)35(32(38)40-30)17-18-39-29-14-6-10-22-8-2-4-12-26(22)29/h1-16,19-20,36H,17-18H2/b30-20-,34-33?. The summed E-state index contributed by atoms with van der Waals surface area (Å²) < 4.78 is 5.92. The molecule has 1 aliphatic rings. The molecule has 1 N–H and O–H groups in total. The predicted octanol–water partition coefficient (Wildman–Crippen LogP) is 8.23. The summed E-state index contributed by atoms with van der Waals surface area (Å²) in [4.78, 5) is 27.0. The van der Waals surface area contributed by atoms with Gasteiger partial charge in [0.1, 0.15) is 18.1 Å². The molecule has 0 atom stereocenters. The first kappa shape index (κ1) is 25.3. The number of fused-ring (bicyclic) bond motifs is 2. The number of nitrogens with zero attached hydrogens (tertiary/aromatic N) is 3. The van der Waals surface area contributed by atoms with Gasteiger partial charge in [-0.3, -0.25) is 14.5 Å². The number of rotatable bonds is 7. The van der Waals surface area contributed by atoms with Crippen molar-refractivity contribution in [2.45, 2.75) is 0 Å². The number of ether oxygens (including phenoxy) is 1. The predicted molar refractivity (Wildman–Crippen MR) is 158 cm³/mol. The van der Waals surface area contributed by atoms with Gasteiger partial charge in [0, 0.05) is 16.3 Å². The lowest BCUT2D eigenvalue weighted by Crippen LogP contribution is -2.32. The fraction of sp³-hybridized carbons (Fsp3) is 0.0625. The zero-order valence-electron chi connectivity index (χ0n) is 21.2. The van der Waals surface area contributed by atoms with Crippen molar-refractivity contribution in [2.24, 2.45) is 10.2 Å². The van der Waals surface area contributed by atoms with Crippen LogP contribution in [0.25, 0.3) is 27.6 Å². The Kier molecular flexibility index (Phi) is 6.99. The van der Waals surface area contributed by atoms with Crippen molar-refractivity contribution in [1.82, 2.24) is 4.90 Å². The van der Waals surface area contributed by atoms with E-state index in [1.807, 2.05) is 84.9 Å². The zero-order chi connectivity index (χ0) is 27.5. The van der Waals surface area contributed by atoms with Crippen LogP contribution < -0.4 is 4.74 Å². The number of amides is 2. The Hall–Kier alpha value is -4.95. The maximum absolute atomic E-state index is 13.0. The van der Waals surface area contributed by atoms with E-state index in [2.05, 4.69) is 10.2 Å². The van der Waals surface area contributed by atoms with Crippen LogP contribution in [0.1, 0.15) is 5.56 Å². The first-order chi connectivity index (χ1) is 19.6. The Labute approximate surface area is 234 Å². The van der Waals surface area contributed by atoms with Gasteiger partial charge in [-0.2, -0.15) is 5.11 Å². The average molecular weight is 546 g/mol. The first-order valence-electron chi connectivity index (χ1n) is 12.7. The molecule has 0 aromatic heterocycles. The van der Waals surface area contributed by atoms with Crippen LogP contribution in [-0.2, 0) is 4.79 Å². The van der Waals surface area contributed by atoms with Gasteiger partial charge in [-0.25, -0.2) is 0 Å². The van der Waals surface area contributed by atoms with E-state index < -0.39 is 5.91 Å². The van der Waals surface area contributed by atoms with Crippen LogP contribution in [0.2, 0.25) is 0 Å². The lowest BCUT2D eigenvalue weighted by molar-refractivity contribution is -0.123. The lowest BCUT2D eigenvalue weighted by atomic mass is 10.1. The minimum atomic E-state index is -0.432. The number of phenolic OH excluding ortho intramolecular Hbond substituents is 1. The van der Waals surface area contributed by atoms with Crippen LogP contribution in [-0.4, -0.2) is 34.3 Å². The third-order valence-electron chi connectivity index (χ3n) is 6.53. The number of carbonyl (C=O) groups is 2. The number of phenols is 1. The molecule has 40 heavy (non-hydrogen) atoms. The molecule has 5 aromatic rings. The van der Waals surface area contributed by atoms with E-state index in [9.17, 15) is 14.7 Å². The quantitative estimate of drug-likeness (QED) is 0.164. The van der Waals surface area contributed by atoms with E-state index in [-0.39, 0.29) is 29.0 Å². The molecule has 1 aliphatic heterocycles. The molecule has 5 aromatic carbocycles. The summed E-state index contributed by atoms with van der Waals surface area (Å²) in [6.07, 6.45) is 1.50. The van der Waals surface area contributed by atoms with Crippen LogP contribution in [0, 0.1) is 0 Å². The average Bonchev–Trinajstić information content (AvgIpc) is 3.25. The zero-order valence-corrected chi connectivity index (χ0v) is 22.0. The van der Waals surface area contributed by atoms with Gasteiger partial charge in [0.2, 0.25) is 0 Å². The molecule has 6 rings (SSSR count). The first-order valence-corrected chi connectivity index (χ1v) is 13.5. The van der Waals surface area contributed by atoms with E-state index in [1.165, 1.54) is 12.1 Å². The third-order valence-corrected chi connectivity index (χ3v) is 7.44. The van der Waals surface area contributed by atoms with Crippen LogP contribution >= 0.6 is 11.8 Å². The van der Waals surface area contributed by atoms with Gasteiger partial charge < -0.3 is 9.84 Å². The molecule has 1 heterocycles. The topological polar surface area (TPSA) is 91.6 Å². The van der Waals surface area contributed by atoms with E-state index in [4.69, 9.17) is 4.74 Å². The van der Waals surface area contributed by atoms with E-state index in [1.54, 1.807) is 12.1 Å². The molecule has 0 spiro atoms. The summed E-state index contributed by atoms with van der Waals surface area (Å²) in [5.74, 6) is 0.230. The molecule has 1 saturated heterocycles. The molecule has 0 bridgehead atoms. The molecular weight excluding hydrogens is 522 g/mol. The van der Waals surface area contributed by atoms with Crippen LogP contribution in [0.15, 0.2) is 118 Å². The van der Waals surface area contributed by atoms with Crippen LogP contribution in [0.3, 0.4) is 0 Å². The Morgan fingerprint density at radius 3 is 2.33 bits per heavy atom.